The van der Waals surface area contributed by atoms with Gasteiger partial charge in [-0.25, -0.2) is 19.3 Å². The summed E-state index contributed by atoms with van der Waals surface area (Å²) in [5.74, 6) is 0.318. The molecule has 1 atom stereocenters. The van der Waals surface area contributed by atoms with Gasteiger partial charge in [0.05, 0.1) is 6.33 Å². The maximum atomic E-state index is 13.0. The molecule has 3 heterocycles. The van der Waals surface area contributed by atoms with E-state index in [2.05, 4.69) is 25.3 Å². The minimum atomic E-state index is -0.296. The molecule has 4 rings (SSSR count). The number of carbonyl (C=O) groups is 1. The number of nitrogens with zero attached hydrogens (tertiary/aromatic N) is 4. The van der Waals surface area contributed by atoms with Crippen LogP contribution in [0, 0.1) is 5.82 Å². The lowest BCUT2D eigenvalue weighted by molar-refractivity contribution is -0.122. The zero-order valence-electron chi connectivity index (χ0n) is 13.4. The van der Waals surface area contributed by atoms with E-state index in [-0.39, 0.29) is 17.8 Å². The summed E-state index contributed by atoms with van der Waals surface area (Å²) in [6.07, 6.45) is 4.71. The first-order valence-electron chi connectivity index (χ1n) is 8.15. The van der Waals surface area contributed by atoms with Gasteiger partial charge in [-0.3, -0.25) is 4.79 Å². The maximum absolute atomic E-state index is 13.0. The van der Waals surface area contributed by atoms with Gasteiger partial charge in [0.1, 0.15) is 23.7 Å². The molecule has 1 aliphatic rings. The van der Waals surface area contributed by atoms with Crippen molar-refractivity contribution in [3.63, 3.8) is 0 Å². The number of hydrogen-bond donors (Lipinski definition) is 2. The predicted molar refractivity (Wildman–Crippen MR) is 90.3 cm³/mol. The average molecular weight is 340 g/mol. The quantitative estimate of drug-likeness (QED) is 0.756. The van der Waals surface area contributed by atoms with E-state index in [0.29, 0.717) is 23.5 Å². The van der Waals surface area contributed by atoms with Crippen LogP contribution in [0.4, 0.5) is 10.2 Å². The number of carbonyl (C=O) groups excluding carboxylic acids is 1. The Bertz CT molecular complexity index is 894. The summed E-state index contributed by atoms with van der Waals surface area (Å²) in [6, 6.07) is 5.81. The second-order valence-electron chi connectivity index (χ2n) is 5.99. The van der Waals surface area contributed by atoms with Crippen LogP contribution in [-0.4, -0.2) is 38.4 Å². The van der Waals surface area contributed by atoms with Crippen LogP contribution < -0.4 is 10.2 Å². The van der Waals surface area contributed by atoms with E-state index < -0.39 is 0 Å². The Hall–Kier alpha value is -3.03. The number of halogens is 1. The number of amides is 1. The van der Waals surface area contributed by atoms with Crippen LogP contribution in [0.5, 0.6) is 0 Å². The Labute approximate surface area is 143 Å². The molecule has 8 heteroatoms. The molecule has 0 aliphatic carbocycles. The molecule has 1 aliphatic heterocycles. The smallest absolute Gasteiger partial charge is 0.243 e. The molecule has 7 nitrogen and oxygen atoms in total. The van der Waals surface area contributed by atoms with Crippen LogP contribution >= 0.6 is 0 Å². The topological polar surface area (TPSA) is 86.8 Å². The van der Waals surface area contributed by atoms with Crippen molar-refractivity contribution in [3.8, 4) is 0 Å². The fraction of sp³-hybridized carbons (Fsp3) is 0.294. The van der Waals surface area contributed by atoms with E-state index in [1.165, 1.54) is 18.5 Å². The monoisotopic (exact) mass is 340 g/mol. The van der Waals surface area contributed by atoms with Crippen molar-refractivity contribution in [3.05, 3.63) is 48.3 Å². The van der Waals surface area contributed by atoms with Crippen LogP contribution in [0.25, 0.3) is 11.2 Å². The molecular weight excluding hydrogens is 323 g/mol. The van der Waals surface area contributed by atoms with Gasteiger partial charge in [-0.2, -0.15) is 0 Å². The normalized spacial score (nSPS) is 17.2. The fourth-order valence-corrected chi connectivity index (χ4v) is 3.16. The number of aromatic nitrogens is 4. The molecule has 2 N–H and O–H groups in total. The number of aromatic amines is 1. The zero-order chi connectivity index (χ0) is 17.2. The van der Waals surface area contributed by atoms with Crippen molar-refractivity contribution >= 4 is 22.9 Å². The van der Waals surface area contributed by atoms with E-state index in [9.17, 15) is 9.18 Å². The van der Waals surface area contributed by atoms with Crippen LogP contribution in [0.15, 0.2) is 36.9 Å². The molecule has 0 spiro atoms. The summed E-state index contributed by atoms with van der Waals surface area (Å²) >= 11 is 0. The Morgan fingerprint density at radius 2 is 2.12 bits per heavy atom. The summed E-state index contributed by atoms with van der Waals surface area (Å²) in [5.41, 5.74) is 2.18. The van der Waals surface area contributed by atoms with Crippen LogP contribution in [-0.2, 0) is 11.3 Å². The van der Waals surface area contributed by atoms with Gasteiger partial charge in [-0.15, -0.1) is 0 Å². The lowest BCUT2D eigenvalue weighted by Gasteiger charge is -2.24. The third-order valence-electron chi connectivity index (χ3n) is 4.41. The number of fused-ring (bicyclic) bond motifs is 1. The molecule has 25 heavy (non-hydrogen) atoms. The molecule has 1 amide bonds. The molecule has 1 fully saturated rings. The Balaban J connectivity index is 1.50. The lowest BCUT2D eigenvalue weighted by Crippen LogP contribution is -2.43. The SMILES string of the molecule is O=C(NCc1ccc(F)cc1)C1CCCN1c1ncnc2[nH]cnc12. The third-order valence-corrected chi connectivity index (χ3v) is 4.41. The van der Waals surface area contributed by atoms with Crippen molar-refractivity contribution in [2.45, 2.75) is 25.4 Å². The largest absolute Gasteiger partial charge is 0.350 e. The number of H-pyrrole nitrogens is 1. The van der Waals surface area contributed by atoms with Crippen molar-refractivity contribution in [1.29, 1.82) is 0 Å². The lowest BCUT2D eigenvalue weighted by atomic mass is 10.2. The number of nitrogens with one attached hydrogen (secondary N) is 2. The number of anilines is 1. The highest BCUT2D eigenvalue weighted by Crippen LogP contribution is 2.28. The molecule has 128 valence electrons. The van der Waals surface area contributed by atoms with E-state index in [0.717, 1.165) is 24.9 Å². The molecule has 1 unspecified atom stereocenters. The molecule has 1 aromatic carbocycles. The number of imidazole rings is 1. The average Bonchev–Trinajstić information content (AvgIpc) is 3.29. The molecule has 0 bridgehead atoms. The first kappa shape index (κ1) is 15.5. The molecule has 0 saturated carbocycles. The van der Waals surface area contributed by atoms with Crippen molar-refractivity contribution in [2.24, 2.45) is 0 Å². The van der Waals surface area contributed by atoms with Gasteiger partial charge in [-0.05, 0) is 30.5 Å². The fourth-order valence-electron chi connectivity index (χ4n) is 3.16. The number of benzene rings is 1. The second-order valence-corrected chi connectivity index (χ2v) is 5.99. The van der Waals surface area contributed by atoms with Crippen molar-refractivity contribution in [1.82, 2.24) is 25.3 Å². The number of hydrogen-bond acceptors (Lipinski definition) is 5. The summed E-state index contributed by atoms with van der Waals surface area (Å²) in [6.45, 7) is 1.11. The zero-order valence-corrected chi connectivity index (χ0v) is 13.4. The van der Waals surface area contributed by atoms with E-state index in [1.54, 1.807) is 18.5 Å². The Kier molecular flexibility index (Phi) is 4.01. The van der Waals surface area contributed by atoms with Gasteiger partial charge >= 0.3 is 0 Å². The van der Waals surface area contributed by atoms with Crippen LogP contribution in [0.2, 0.25) is 0 Å². The first-order valence-corrected chi connectivity index (χ1v) is 8.15. The minimum Gasteiger partial charge on any atom is -0.350 e. The molecule has 3 aromatic rings. The molecular formula is C17H17FN6O. The van der Waals surface area contributed by atoms with Crippen LogP contribution in [0.1, 0.15) is 18.4 Å². The predicted octanol–water partition coefficient (Wildman–Crippen LogP) is 1.78. The standard InChI is InChI=1S/C17H17FN6O/c18-12-5-3-11(4-6-12)8-19-17(25)13-2-1-7-24(13)16-14-15(21-9-20-14)22-10-23-16/h3-6,9-10,13H,1-2,7-8H2,(H,19,25)(H,20,21,22,23). The van der Waals surface area contributed by atoms with Crippen molar-refractivity contribution in [2.75, 3.05) is 11.4 Å². The van der Waals surface area contributed by atoms with E-state index >= 15 is 0 Å². The van der Waals surface area contributed by atoms with Gasteiger partial charge in [0.2, 0.25) is 5.91 Å². The van der Waals surface area contributed by atoms with Crippen molar-refractivity contribution < 1.29 is 9.18 Å². The molecule has 0 radical (unpaired) electrons. The van der Waals surface area contributed by atoms with Gasteiger partial charge in [0.15, 0.2) is 11.5 Å². The summed E-state index contributed by atoms with van der Waals surface area (Å²) in [4.78, 5) is 30.3. The van der Waals surface area contributed by atoms with Gasteiger partial charge in [-0.1, -0.05) is 12.1 Å². The Morgan fingerprint density at radius 3 is 2.96 bits per heavy atom. The highest BCUT2D eigenvalue weighted by atomic mass is 19.1. The highest BCUT2D eigenvalue weighted by molar-refractivity contribution is 5.90. The van der Waals surface area contributed by atoms with Gasteiger partial charge in [0, 0.05) is 13.1 Å². The third kappa shape index (κ3) is 3.02. The summed E-state index contributed by atoms with van der Waals surface area (Å²) in [7, 11) is 0. The maximum Gasteiger partial charge on any atom is 0.243 e. The Morgan fingerprint density at radius 1 is 1.28 bits per heavy atom. The molecule has 2 aromatic heterocycles. The van der Waals surface area contributed by atoms with Crippen LogP contribution in [0.3, 0.4) is 0 Å². The first-order chi connectivity index (χ1) is 12.2. The van der Waals surface area contributed by atoms with Gasteiger partial charge in [0.25, 0.3) is 0 Å². The highest BCUT2D eigenvalue weighted by Gasteiger charge is 2.33. The van der Waals surface area contributed by atoms with Gasteiger partial charge < -0.3 is 15.2 Å². The van der Waals surface area contributed by atoms with E-state index in [1.807, 2.05) is 4.90 Å². The molecule has 1 saturated heterocycles. The number of rotatable bonds is 4. The van der Waals surface area contributed by atoms with E-state index in [4.69, 9.17) is 0 Å². The summed E-state index contributed by atoms with van der Waals surface area (Å²) < 4.78 is 13.0. The second kappa shape index (κ2) is 6.46. The summed E-state index contributed by atoms with van der Waals surface area (Å²) in [5, 5.41) is 2.93. The minimum absolute atomic E-state index is 0.0656.